The Hall–Kier alpha value is -3.17. The molecule has 1 aromatic carbocycles. The second-order valence-corrected chi connectivity index (χ2v) is 8.60. The van der Waals surface area contributed by atoms with Gasteiger partial charge in [-0.15, -0.1) is 0 Å². The number of halogens is 4. The molecule has 0 unspecified atom stereocenters. The lowest BCUT2D eigenvalue weighted by molar-refractivity contribution is -0.138. The average Bonchev–Trinajstić information content (AvgIpc) is 3.13. The average molecular weight is 478 g/mol. The van der Waals surface area contributed by atoms with Gasteiger partial charge >= 0.3 is 6.18 Å². The number of alkyl halides is 3. The molecule has 2 aromatic rings. The Morgan fingerprint density at radius 1 is 1.09 bits per heavy atom. The maximum absolute atomic E-state index is 13.6. The van der Waals surface area contributed by atoms with Crippen molar-refractivity contribution in [2.75, 3.05) is 37.6 Å². The Bertz CT molecular complexity index is 1080. The van der Waals surface area contributed by atoms with E-state index in [4.69, 9.17) is 0 Å². The standard InChI is InChI=1S/C24H26F4N4O2/c1-2-3-4-7-32-15-16-12-21(29-14-19(16)23(32)34)30-8-10-31(11-9-30)22(33)18-13-17(25)5-6-20(18)24(26,27)28/h5-6,12-14H,2-4,7-11,15H2,1H3. The van der Waals surface area contributed by atoms with Crippen molar-refractivity contribution < 1.29 is 27.2 Å². The van der Waals surface area contributed by atoms with Gasteiger partial charge in [0, 0.05) is 45.5 Å². The summed E-state index contributed by atoms with van der Waals surface area (Å²) in [7, 11) is 0. The minimum absolute atomic E-state index is 0.0175. The summed E-state index contributed by atoms with van der Waals surface area (Å²) < 4.78 is 53.5. The summed E-state index contributed by atoms with van der Waals surface area (Å²) in [6.45, 7) is 4.42. The summed E-state index contributed by atoms with van der Waals surface area (Å²) in [6.07, 6.45) is -0.0874. The third-order valence-electron chi connectivity index (χ3n) is 6.29. The maximum atomic E-state index is 13.6. The summed E-state index contributed by atoms with van der Waals surface area (Å²) >= 11 is 0. The van der Waals surface area contributed by atoms with E-state index in [-0.39, 0.29) is 19.0 Å². The molecular weight excluding hydrogens is 452 g/mol. The van der Waals surface area contributed by atoms with Gasteiger partial charge in [0.2, 0.25) is 0 Å². The largest absolute Gasteiger partial charge is 0.417 e. The Labute approximate surface area is 195 Å². The molecular formula is C24H26F4N4O2. The molecule has 0 spiro atoms. The summed E-state index contributed by atoms with van der Waals surface area (Å²) in [4.78, 5) is 34.8. The van der Waals surface area contributed by atoms with E-state index in [2.05, 4.69) is 11.9 Å². The quantitative estimate of drug-likeness (QED) is 0.458. The lowest BCUT2D eigenvalue weighted by Crippen LogP contribution is -2.49. The first kappa shape index (κ1) is 24.0. The highest BCUT2D eigenvalue weighted by molar-refractivity contribution is 5.98. The van der Waals surface area contributed by atoms with E-state index in [1.54, 1.807) is 6.20 Å². The zero-order valence-corrected chi connectivity index (χ0v) is 18.9. The van der Waals surface area contributed by atoms with Crippen LogP contribution in [-0.4, -0.2) is 59.3 Å². The number of aromatic nitrogens is 1. The van der Waals surface area contributed by atoms with Crippen LogP contribution in [0.25, 0.3) is 0 Å². The number of amides is 2. The third-order valence-corrected chi connectivity index (χ3v) is 6.29. The number of benzene rings is 1. The van der Waals surface area contributed by atoms with Gasteiger partial charge in [-0.1, -0.05) is 19.8 Å². The maximum Gasteiger partial charge on any atom is 0.417 e. The first-order valence-electron chi connectivity index (χ1n) is 11.4. The van der Waals surface area contributed by atoms with Crippen LogP contribution in [0, 0.1) is 5.82 Å². The van der Waals surface area contributed by atoms with E-state index in [9.17, 15) is 27.2 Å². The zero-order valence-electron chi connectivity index (χ0n) is 18.9. The fourth-order valence-electron chi connectivity index (χ4n) is 4.41. The summed E-state index contributed by atoms with van der Waals surface area (Å²) in [6, 6.07) is 3.81. The number of anilines is 1. The number of nitrogens with zero attached hydrogens (tertiary/aromatic N) is 4. The van der Waals surface area contributed by atoms with Crippen LogP contribution in [0.5, 0.6) is 0 Å². The zero-order chi connectivity index (χ0) is 24.5. The van der Waals surface area contributed by atoms with Crippen LogP contribution >= 0.6 is 0 Å². The van der Waals surface area contributed by atoms with Crippen LogP contribution in [0.2, 0.25) is 0 Å². The summed E-state index contributed by atoms with van der Waals surface area (Å²) in [5.74, 6) is -1.09. The molecule has 0 aliphatic carbocycles. The van der Waals surface area contributed by atoms with E-state index in [0.717, 1.165) is 24.8 Å². The topological polar surface area (TPSA) is 56.8 Å². The van der Waals surface area contributed by atoms with Crippen LogP contribution in [0.3, 0.4) is 0 Å². The summed E-state index contributed by atoms with van der Waals surface area (Å²) in [5, 5.41) is 0. The fraction of sp³-hybridized carbons (Fsp3) is 0.458. The summed E-state index contributed by atoms with van der Waals surface area (Å²) in [5.41, 5.74) is -0.326. The van der Waals surface area contributed by atoms with Gasteiger partial charge in [0.05, 0.1) is 16.7 Å². The minimum Gasteiger partial charge on any atom is -0.353 e. The van der Waals surface area contributed by atoms with Crippen molar-refractivity contribution >= 4 is 17.6 Å². The smallest absolute Gasteiger partial charge is 0.353 e. The van der Waals surface area contributed by atoms with Gasteiger partial charge < -0.3 is 14.7 Å². The number of piperazine rings is 1. The number of hydrogen-bond acceptors (Lipinski definition) is 4. The van der Waals surface area contributed by atoms with Crippen LogP contribution in [0.4, 0.5) is 23.4 Å². The molecule has 0 atom stereocenters. The molecule has 6 nitrogen and oxygen atoms in total. The van der Waals surface area contributed by atoms with Gasteiger partial charge in [0.15, 0.2) is 0 Å². The predicted octanol–water partition coefficient (Wildman–Crippen LogP) is 4.35. The van der Waals surface area contributed by atoms with Crippen molar-refractivity contribution in [3.05, 3.63) is 58.5 Å². The molecule has 2 aliphatic heterocycles. The number of hydrogen-bond donors (Lipinski definition) is 0. The molecule has 2 aliphatic rings. The first-order chi connectivity index (χ1) is 16.2. The highest BCUT2D eigenvalue weighted by Crippen LogP contribution is 2.33. The van der Waals surface area contributed by atoms with Gasteiger partial charge in [-0.05, 0) is 36.2 Å². The number of pyridine rings is 1. The van der Waals surface area contributed by atoms with Gasteiger partial charge in [0.1, 0.15) is 11.6 Å². The van der Waals surface area contributed by atoms with Crippen LogP contribution < -0.4 is 4.90 Å². The van der Waals surface area contributed by atoms with Crippen molar-refractivity contribution in [1.82, 2.24) is 14.8 Å². The Morgan fingerprint density at radius 3 is 2.50 bits per heavy atom. The lowest BCUT2D eigenvalue weighted by Gasteiger charge is -2.36. The van der Waals surface area contributed by atoms with Crippen molar-refractivity contribution in [2.24, 2.45) is 0 Å². The van der Waals surface area contributed by atoms with Crippen molar-refractivity contribution in [3.63, 3.8) is 0 Å². The normalized spacial score (nSPS) is 16.3. The molecule has 0 bridgehead atoms. The van der Waals surface area contributed by atoms with Crippen LogP contribution in [-0.2, 0) is 12.7 Å². The minimum atomic E-state index is -4.75. The predicted molar refractivity (Wildman–Crippen MR) is 118 cm³/mol. The van der Waals surface area contributed by atoms with Gasteiger partial charge in [-0.2, -0.15) is 13.2 Å². The molecule has 2 amide bonds. The molecule has 0 saturated carbocycles. The molecule has 1 fully saturated rings. The molecule has 0 radical (unpaired) electrons. The van der Waals surface area contributed by atoms with Gasteiger partial charge in [0.25, 0.3) is 11.8 Å². The number of unbranched alkanes of at least 4 members (excludes halogenated alkanes) is 2. The highest BCUT2D eigenvalue weighted by atomic mass is 19.4. The van der Waals surface area contributed by atoms with Gasteiger partial charge in [-0.3, -0.25) is 9.59 Å². The van der Waals surface area contributed by atoms with E-state index in [1.807, 2.05) is 15.9 Å². The molecule has 182 valence electrons. The van der Waals surface area contributed by atoms with E-state index >= 15 is 0 Å². The second kappa shape index (κ2) is 9.60. The second-order valence-electron chi connectivity index (χ2n) is 8.60. The van der Waals surface area contributed by atoms with Crippen LogP contribution in [0.1, 0.15) is 58.0 Å². The third kappa shape index (κ3) is 4.85. The van der Waals surface area contributed by atoms with Crippen LogP contribution in [0.15, 0.2) is 30.5 Å². The first-order valence-corrected chi connectivity index (χ1v) is 11.4. The number of carbonyl (C=O) groups is 2. The molecule has 3 heterocycles. The highest BCUT2D eigenvalue weighted by Gasteiger charge is 2.37. The van der Waals surface area contributed by atoms with E-state index in [1.165, 1.54) is 4.90 Å². The van der Waals surface area contributed by atoms with Crippen molar-refractivity contribution in [3.8, 4) is 0 Å². The monoisotopic (exact) mass is 478 g/mol. The number of carbonyl (C=O) groups excluding carboxylic acids is 2. The molecule has 4 rings (SSSR count). The number of rotatable bonds is 6. The van der Waals surface area contributed by atoms with E-state index in [0.29, 0.717) is 55.8 Å². The Kier molecular flexibility index (Phi) is 6.77. The van der Waals surface area contributed by atoms with Crippen molar-refractivity contribution in [1.29, 1.82) is 0 Å². The van der Waals surface area contributed by atoms with E-state index < -0.39 is 29.0 Å². The van der Waals surface area contributed by atoms with Crippen molar-refractivity contribution in [2.45, 2.75) is 38.9 Å². The molecule has 1 aromatic heterocycles. The van der Waals surface area contributed by atoms with Gasteiger partial charge in [-0.25, -0.2) is 9.37 Å². The molecule has 1 saturated heterocycles. The lowest BCUT2D eigenvalue weighted by atomic mass is 10.0. The molecule has 0 N–H and O–H groups in total. The number of fused-ring (bicyclic) bond motifs is 1. The Balaban J connectivity index is 1.42. The molecule has 10 heteroatoms. The fourth-order valence-corrected chi connectivity index (χ4v) is 4.41. The SMILES string of the molecule is CCCCCN1Cc2cc(N3CCN(C(=O)c4cc(F)ccc4C(F)(F)F)CC3)ncc2C1=O. The molecule has 34 heavy (non-hydrogen) atoms. The Morgan fingerprint density at radius 2 is 1.82 bits per heavy atom.